The minimum absolute atomic E-state index is 0.234. The first-order valence-electron chi connectivity index (χ1n) is 11.1. The molecule has 6 rings (SSSR count). The Kier molecular flexibility index (Phi) is 5.35. The van der Waals surface area contributed by atoms with Crippen molar-refractivity contribution in [2.45, 2.75) is 24.1 Å². The molecule has 2 aliphatic rings. The molecule has 1 saturated heterocycles. The normalized spacial score (nSPS) is 22.6. The van der Waals surface area contributed by atoms with Crippen LogP contribution in [0, 0.1) is 0 Å². The van der Waals surface area contributed by atoms with Gasteiger partial charge in [-0.1, -0.05) is 96.0 Å². The first-order valence-corrected chi connectivity index (χ1v) is 11.8. The molecule has 0 aliphatic carbocycles. The number of alkyl halides is 2. The van der Waals surface area contributed by atoms with Gasteiger partial charge in [-0.3, -0.25) is 0 Å². The average molecular weight is 510 g/mol. The molecule has 2 aliphatic heterocycles. The lowest BCUT2D eigenvalue weighted by Crippen LogP contribution is -2.53. The Morgan fingerprint density at radius 1 is 0.714 bits per heavy atom. The SMILES string of the molecule is FC1(F)N(C(c2ccc(Cl)cc2)c2ccc(Cl)cc2)[C@H]2O[C@]1(c1ccccc1)Oc1ccccc12. The molecule has 1 fully saturated rings. The van der Waals surface area contributed by atoms with Gasteiger partial charge in [-0.05, 0) is 41.5 Å². The molecule has 0 N–H and O–H groups in total. The third kappa shape index (κ3) is 3.46. The molecule has 0 amide bonds. The summed E-state index contributed by atoms with van der Waals surface area (Å²) in [5.74, 6) is -1.97. The Labute approximate surface area is 211 Å². The van der Waals surface area contributed by atoms with Crippen molar-refractivity contribution in [3.05, 3.63) is 135 Å². The quantitative estimate of drug-likeness (QED) is 0.260. The summed E-state index contributed by atoms with van der Waals surface area (Å²) in [6, 6.07) is 24.7. The third-order valence-electron chi connectivity index (χ3n) is 6.49. The van der Waals surface area contributed by atoms with Crippen molar-refractivity contribution in [3.8, 4) is 5.75 Å². The van der Waals surface area contributed by atoms with Crippen molar-refractivity contribution in [1.29, 1.82) is 0 Å². The standard InChI is InChI=1S/C28H19Cl2F2NO2/c29-21-14-10-18(11-15-21)25(19-12-16-22(30)17-13-19)33-26-23-8-4-5-9-24(23)34-27(35-26,28(33,31)32)20-6-2-1-3-7-20/h1-17,25-26H/t26-,27-/m0/s1. The molecule has 7 heteroatoms. The predicted molar refractivity (Wildman–Crippen MR) is 131 cm³/mol. The summed E-state index contributed by atoms with van der Waals surface area (Å²) >= 11 is 12.3. The predicted octanol–water partition coefficient (Wildman–Crippen LogP) is 7.95. The van der Waals surface area contributed by atoms with E-state index in [1.165, 1.54) is 0 Å². The van der Waals surface area contributed by atoms with E-state index in [-0.39, 0.29) is 5.56 Å². The first kappa shape index (κ1) is 22.5. The molecule has 0 unspecified atom stereocenters. The highest BCUT2D eigenvalue weighted by molar-refractivity contribution is 6.30. The Bertz CT molecular complexity index is 1320. The molecule has 0 radical (unpaired) electrons. The van der Waals surface area contributed by atoms with Crippen LogP contribution in [0.2, 0.25) is 10.0 Å². The van der Waals surface area contributed by atoms with Gasteiger partial charge in [-0.2, -0.15) is 13.7 Å². The van der Waals surface area contributed by atoms with Crippen LogP contribution >= 0.6 is 23.2 Å². The van der Waals surface area contributed by atoms with E-state index in [0.717, 1.165) is 4.90 Å². The van der Waals surface area contributed by atoms with Crippen molar-refractivity contribution < 1.29 is 18.3 Å². The van der Waals surface area contributed by atoms with Crippen LogP contribution in [-0.4, -0.2) is 10.9 Å². The second kappa shape index (κ2) is 8.32. The molecule has 35 heavy (non-hydrogen) atoms. The number of fused-ring (bicyclic) bond motifs is 4. The average Bonchev–Trinajstić information content (AvgIpc) is 3.06. The molecule has 3 nitrogen and oxygen atoms in total. The minimum Gasteiger partial charge on any atom is -0.450 e. The van der Waals surface area contributed by atoms with Crippen LogP contribution in [0.15, 0.2) is 103 Å². The lowest BCUT2D eigenvalue weighted by atomic mass is 9.95. The topological polar surface area (TPSA) is 21.7 Å². The molecule has 4 aromatic carbocycles. The molecule has 4 aromatic rings. The second-order valence-corrected chi connectivity index (χ2v) is 9.42. The monoisotopic (exact) mass is 509 g/mol. The van der Waals surface area contributed by atoms with Crippen LogP contribution in [0.1, 0.15) is 34.5 Å². The minimum atomic E-state index is -3.57. The van der Waals surface area contributed by atoms with Crippen LogP contribution in [0.25, 0.3) is 0 Å². The van der Waals surface area contributed by atoms with E-state index in [1.54, 1.807) is 103 Å². The van der Waals surface area contributed by atoms with Gasteiger partial charge in [0.05, 0.1) is 6.04 Å². The fourth-order valence-corrected chi connectivity index (χ4v) is 5.14. The summed E-state index contributed by atoms with van der Waals surface area (Å²) < 4.78 is 46.0. The van der Waals surface area contributed by atoms with Crippen LogP contribution in [0.3, 0.4) is 0 Å². The van der Waals surface area contributed by atoms with Crippen molar-refractivity contribution in [2.75, 3.05) is 0 Å². The lowest BCUT2D eigenvalue weighted by Gasteiger charge is -2.37. The number of nitrogens with zero attached hydrogens (tertiary/aromatic N) is 1. The summed E-state index contributed by atoms with van der Waals surface area (Å²) in [7, 11) is 0. The summed E-state index contributed by atoms with van der Waals surface area (Å²) in [6.07, 6.45) is -1.08. The molecular formula is C28H19Cl2F2NO2. The lowest BCUT2D eigenvalue weighted by molar-refractivity contribution is -0.294. The number of ether oxygens (including phenoxy) is 2. The van der Waals surface area contributed by atoms with Gasteiger partial charge < -0.3 is 9.47 Å². The molecule has 176 valence electrons. The van der Waals surface area contributed by atoms with Crippen molar-refractivity contribution in [3.63, 3.8) is 0 Å². The van der Waals surface area contributed by atoms with Gasteiger partial charge in [0.2, 0.25) is 0 Å². The summed E-state index contributed by atoms with van der Waals surface area (Å²) in [6.45, 7) is 0. The second-order valence-electron chi connectivity index (χ2n) is 8.55. The maximum atomic E-state index is 16.9. The zero-order chi connectivity index (χ0) is 24.2. The highest BCUT2D eigenvalue weighted by Gasteiger charge is 2.74. The van der Waals surface area contributed by atoms with Crippen LogP contribution in [0.4, 0.5) is 8.78 Å². The van der Waals surface area contributed by atoms with Gasteiger partial charge in [0, 0.05) is 21.2 Å². The van der Waals surface area contributed by atoms with Gasteiger partial charge in [-0.15, -0.1) is 0 Å². The number of hydrogen-bond donors (Lipinski definition) is 0. The van der Waals surface area contributed by atoms with Crippen LogP contribution < -0.4 is 4.74 Å². The summed E-state index contributed by atoms with van der Waals surface area (Å²) in [5.41, 5.74) is 2.03. The van der Waals surface area contributed by atoms with E-state index >= 15 is 8.78 Å². The maximum Gasteiger partial charge on any atom is 0.377 e. The Hall–Kier alpha value is -2.96. The summed E-state index contributed by atoms with van der Waals surface area (Å²) in [5, 5.41) is 1.03. The maximum absolute atomic E-state index is 16.9. The highest BCUT2D eigenvalue weighted by atomic mass is 35.5. The molecular weight excluding hydrogens is 491 g/mol. The van der Waals surface area contributed by atoms with Crippen LogP contribution in [-0.2, 0) is 10.5 Å². The van der Waals surface area contributed by atoms with Gasteiger partial charge in [0.15, 0.2) is 6.23 Å². The molecule has 0 saturated carbocycles. The van der Waals surface area contributed by atoms with Gasteiger partial charge >= 0.3 is 11.8 Å². The Morgan fingerprint density at radius 3 is 1.86 bits per heavy atom. The van der Waals surface area contributed by atoms with Gasteiger partial charge in [-0.25, -0.2) is 0 Å². The van der Waals surface area contributed by atoms with E-state index < -0.39 is 24.1 Å². The zero-order valence-corrected chi connectivity index (χ0v) is 19.8. The number of rotatable bonds is 4. The van der Waals surface area contributed by atoms with Crippen molar-refractivity contribution >= 4 is 23.2 Å². The van der Waals surface area contributed by atoms with Crippen molar-refractivity contribution in [2.24, 2.45) is 0 Å². The van der Waals surface area contributed by atoms with E-state index in [0.29, 0.717) is 32.5 Å². The number of para-hydroxylation sites is 1. The van der Waals surface area contributed by atoms with E-state index in [9.17, 15) is 0 Å². The molecule has 2 bridgehead atoms. The smallest absolute Gasteiger partial charge is 0.377 e. The molecule has 2 atom stereocenters. The first-order chi connectivity index (χ1) is 16.9. The molecule has 0 spiro atoms. The van der Waals surface area contributed by atoms with E-state index in [1.807, 2.05) is 0 Å². The highest BCUT2D eigenvalue weighted by Crippen LogP contribution is 2.63. The van der Waals surface area contributed by atoms with Gasteiger partial charge in [0.25, 0.3) is 0 Å². The zero-order valence-electron chi connectivity index (χ0n) is 18.2. The summed E-state index contributed by atoms with van der Waals surface area (Å²) in [4.78, 5) is 1.10. The number of benzene rings is 4. The van der Waals surface area contributed by atoms with Crippen LogP contribution in [0.5, 0.6) is 5.75 Å². The Morgan fingerprint density at radius 2 is 1.26 bits per heavy atom. The van der Waals surface area contributed by atoms with Crippen molar-refractivity contribution in [1.82, 2.24) is 4.90 Å². The van der Waals surface area contributed by atoms with Gasteiger partial charge in [0.1, 0.15) is 5.75 Å². The number of hydrogen-bond acceptors (Lipinski definition) is 3. The fraction of sp³-hybridized carbons (Fsp3) is 0.143. The van der Waals surface area contributed by atoms with E-state index in [4.69, 9.17) is 32.7 Å². The third-order valence-corrected chi connectivity index (χ3v) is 7.00. The molecule has 2 heterocycles. The van der Waals surface area contributed by atoms with E-state index in [2.05, 4.69) is 0 Å². The fourth-order valence-electron chi connectivity index (χ4n) is 4.89. The molecule has 0 aromatic heterocycles. The Balaban J connectivity index is 1.60. The largest absolute Gasteiger partial charge is 0.450 e. The number of halogens is 4.